The zero-order valence-electron chi connectivity index (χ0n) is 21.9. The lowest BCUT2D eigenvalue weighted by Crippen LogP contribution is -2.19. The number of allylic oxidation sites excluding steroid dienone is 17. The van der Waals surface area contributed by atoms with Gasteiger partial charge in [0.2, 0.25) is 0 Å². The van der Waals surface area contributed by atoms with Crippen molar-refractivity contribution in [2.24, 2.45) is 5.41 Å². The number of rotatable bonds is 9. The van der Waals surface area contributed by atoms with Crippen molar-refractivity contribution in [2.45, 2.75) is 67.7 Å². The smallest absolute Gasteiger partial charge is 0.333 e. The Hall–Kier alpha value is -2.87. The average molecular weight is 447 g/mol. The van der Waals surface area contributed by atoms with E-state index < -0.39 is 0 Å². The number of hydrogen-bond acceptors (Lipinski definition) is 2. The van der Waals surface area contributed by atoms with Gasteiger partial charge in [0.05, 0.1) is 7.11 Å². The van der Waals surface area contributed by atoms with Gasteiger partial charge in [-0.1, -0.05) is 109 Å². The largest absolute Gasteiger partial charge is 0.466 e. The molecule has 0 amide bonds. The van der Waals surface area contributed by atoms with Gasteiger partial charge in [-0.2, -0.15) is 0 Å². The number of methoxy groups -OCH3 is 1. The summed E-state index contributed by atoms with van der Waals surface area (Å²) in [5.74, 6) is -0.309. The van der Waals surface area contributed by atoms with Crippen LogP contribution in [0.1, 0.15) is 67.7 Å². The van der Waals surface area contributed by atoms with Crippen LogP contribution in [0.3, 0.4) is 0 Å². The van der Waals surface area contributed by atoms with Crippen molar-refractivity contribution >= 4 is 5.97 Å². The van der Waals surface area contributed by atoms with Crippen molar-refractivity contribution in [3.63, 3.8) is 0 Å². The van der Waals surface area contributed by atoms with Crippen LogP contribution in [0.5, 0.6) is 0 Å². The maximum absolute atomic E-state index is 11.3. The van der Waals surface area contributed by atoms with Crippen molar-refractivity contribution in [2.75, 3.05) is 7.11 Å². The molecule has 0 N–H and O–H groups in total. The number of carbonyl (C=O) groups excluding carboxylic acids is 1. The van der Waals surface area contributed by atoms with E-state index in [2.05, 4.69) is 75.8 Å². The highest BCUT2D eigenvalue weighted by molar-refractivity contribution is 5.87. The highest BCUT2D eigenvalue weighted by atomic mass is 16.5. The minimum absolute atomic E-state index is 0.280. The SMILES string of the molecule is COC(=O)/C(C)=C/C=C/C(C)=C\C=C\C=C(C)\C=C\C=C(C)\C=C\C1=C(C)CCCC1(C)C. The molecule has 178 valence electrons. The molecule has 0 fully saturated rings. The van der Waals surface area contributed by atoms with Gasteiger partial charge >= 0.3 is 5.97 Å². The van der Waals surface area contributed by atoms with Crippen molar-refractivity contribution in [1.29, 1.82) is 0 Å². The third kappa shape index (κ3) is 11.0. The first kappa shape index (κ1) is 28.2. The van der Waals surface area contributed by atoms with Crippen molar-refractivity contribution in [3.8, 4) is 0 Å². The molecule has 0 bridgehead atoms. The molecule has 0 saturated heterocycles. The topological polar surface area (TPSA) is 26.3 Å². The molecule has 0 aliphatic heterocycles. The zero-order chi connectivity index (χ0) is 24.9. The molecule has 0 radical (unpaired) electrons. The number of carbonyl (C=O) groups is 1. The Balaban J connectivity index is 2.65. The summed E-state index contributed by atoms with van der Waals surface area (Å²) in [5.41, 5.74) is 7.42. The van der Waals surface area contributed by atoms with Crippen molar-refractivity contribution < 1.29 is 9.53 Å². The summed E-state index contributed by atoms with van der Waals surface area (Å²) >= 11 is 0. The van der Waals surface area contributed by atoms with E-state index in [4.69, 9.17) is 0 Å². The molecule has 0 aromatic carbocycles. The van der Waals surface area contributed by atoms with Gasteiger partial charge in [0.1, 0.15) is 0 Å². The Kier molecular flexibility index (Phi) is 12.2. The Morgan fingerprint density at radius 2 is 1.33 bits per heavy atom. The van der Waals surface area contributed by atoms with E-state index in [1.165, 1.54) is 48.7 Å². The number of ether oxygens (including phenoxy) is 1. The fourth-order valence-corrected chi connectivity index (χ4v) is 3.73. The second kappa shape index (κ2) is 14.3. The summed E-state index contributed by atoms with van der Waals surface area (Å²) in [6.07, 6.45) is 28.4. The molecule has 0 saturated carbocycles. The second-order valence-electron chi connectivity index (χ2n) is 9.44. The molecular formula is C31H42O2. The van der Waals surface area contributed by atoms with Gasteiger partial charge in [0, 0.05) is 5.57 Å². The minimum atomic E-state index is -0.309. The first-order chi connectivity index (χ1) is 15.6. The molecule has 0 atom stereocenters. The summed E-state index contributed by atoms with van der Waals surface area (Å²) in [4.78, 5) is 11.3. The normalized spacial score (nSPS) is 19.0. The van der Waals surface area contributed by atoms with Gasteiger partial charge in [-0.3, -0.25) is 0 Å². The van der Waals surface area contributed by atoms with E-state index in [0.29, 0.717) is 5.57 Å². The Morgan fingerprint density at radius 3 is 1.88 bits per heavy atom. The van der Waals surface area contributed by atoms with E-state index in [-0.39, 0.29) is 11.4 Å². The second-order valence-corrected chi connectivity index (χ2v) is 9.44. The van der Waals surface area contributed by atoms with Gasteiger partial charge in [-0.25, -0.2) is 4.79 Å². The van der Waals surface area contributed by atoms with Crippen molar-refractivity contribution in [3.05, 3.63) is 106 Å². The summed E-state index contributed by atoms with van der Waals surface area (Å²) in [6, 6.07) is 0. The van der Waals surface area contributed by atoms with Crippen LogP contribution in [-0.2, 0) is 9.53 Å². The van der Waals surface area contributed by atoms with Gasteiger partial charge in [-0.15, -0.1) is 0 Å². The number of hydrogen-bond donors (Lipinski definition) is 0. The predicted octanol–water partition coefficient (Wildman–Crippen LogP) is 8.70. The lowest BCUT2D eigenvalue weighted by molar-refractivity contribution is -0.136. The fourth-order valence-electron chi connectivity index (χ4n) is 3.73. The minimum Gasteiger partial charge on any atom is -0.466 e. The number of esters is 1. The molecule has 1 aliphatic rings. The van der Waals surface area contributed by atoms with E-state index in [1.54, 1.807) is 13.0 Å². The third-order valence-corrected chi connectivity index (χ3v) is 5.82. The summed E-state index contributed by atoms with van der Waals surface area (Å²) in [6.45, 7) is 15.0. The predicted molar refractivity (Wildman–Crippen MR) is 144 cm³/mol. The van der Waals surface area contributed by atoms with Gasteiger partial charge in [0.25, 0.3) is 0 Å². The zero-order valence-corrected chi connectivity index (χ0v) is 21.9. The van der Waals surface area contributed by atoms with E-state index in [1.807, 2.05) is 37.3 Å². The molecule has 0 aromatic rings. The standard InChI is InChI=1S/C31H42O2/c1-24(14-9-10-15-25(2)18-12-19-28(5)30(32)33-8)16-11-17-26(3)21-22-29-27(4)20-13-23-31(29,6)7/h9-12,14-19,21-22H,13,20,23H2,1-8H3/b10-9+,16-11+,18-12+,22-21+,24-14+,25-15-,26-17+,28-19+. The van der Waals surface area contributed by atoms with E-state index in [9.17, 15) is 4.79 Å². The van der Waals surface area contributed by atoms with Gasteiger partial charge in [0.15, 0.2) is 0 Å². The summed E-state index contributed by atoms with van der Waals surface area (Å²) < 4.78 is 4.67. The first-order valence-electron chi connectivity index (χ1n) is 11.7. The summed E-state index contributed by atoms with van der Waals surface area (Å²) in [5, 5.41) is 0. The van der Waals surface area contributed by atoms with Gasteiger partial charge in [-0.05, 0) is 64.9 Å². The molecule has 0 aromatic heterocycles. The molecule has 1 rings (SSSR count). The maximum atomic E-state index is 11.3. The Morgan fingerprint density at radius 1 is 0.818 bits per heavy atom. The molecule has 2 nitrogen and oxygen atoms in total. The van der Waals surface area contributed by atoms with Gasteiger partial charge < -0.3 is 4.74 Å². The molecule has 33 heavy (non-hydrogen) atoms. The highest BCUT2D eigenvalue weighted by Crippen LogP contribution is 2.40. The molecular weight excluding hydrogens is 404 g/mol. The van der Waals surface area contributed by atoms with Crippen LogP contribution in [0.15, 0.2) is 106 Å². The van der Waals surface area contributed by atoms with Crippen LogP contribution in [0.4, 0.5) is 0 Å². The van der Waals surface area contributed by atoms with Crippen LogP contribution in [0.2, 0.25) is 0 Å². The molecule has 0 heterocycles. The highest BCUT2D eigenvalue weighted by Gasteiger charge is 2.26. The van der Waals surface area contributed by atoms with Crippen molar-refractivity contribution in [1.82, 2.24) is 0 Å². The Labute approximate surface area is 202 Å². The molecule has 2 heteroatoms. The quantitative estimate of drug-likeness (QED) is 0.201. The lowest BCUT2D eigenvalue weighted by atomic mass is 9.72. The van der Waals surface area contributed by atoms with E-state index >= 15 is 0 Å². The summed E-state index contributed by atoms with van der Waals surface area (Å²) in [7, 11) is 1.39. The third-order valence-electron chi connectivity index (χ3n) is 5.82. The van der Waals surface area contributed by atoms with Crippen LogP contribution in [0.25, 0.3) is 0 Å². The Bertz CT molecular complexity index is 951. The van der Waals surface area contributed by atoms with Crippen LogP contribution >= 0.6 is 0 Å². The first-order valence-corrected chi connectivity index (χ1v) is 11.7. The fraction of sp³-hybridized carbons (Fsp3) is 0.387. The molecule has 0 spiro atoms. The van der Waals surface area contributed by atoms with E-state index in [0.717, 1.165) is 5.57 Å². The lowest BCUT2D eigenvalue weighted by Gasteiger charge is -2.32. The molecule has 0 unspecified atom stereocenters. The maximum Gasteiger partial charge on any atom is 0.333 e. The average Bonchev–Trinajstić information content (AvgIpc) is 2.75. The molecule has 1 aliphatic carbocycles. The van der Waals surface area contributed by atoms with Crippen LogP contribution < -0.4 is 0 Å². The van der Waals surface area contributed by atoms with Crippen LogP contribution in [-0.4, -0.2) is 13.1 Å². The monoisotopic (exact) mass is 446 g/mol. The van der Waals surface area contributed by atoms with Crippen LogP contribution in [0, 0.1) is 5.41 Å².